The van der Waals surface area contributed by atoms with Gasteiger partial charge in [0.05, 0.1) is 32.3 Å². The van der Waals surface area contributed by atoms with E-state index < -0.39 is 23.6 Å². The van der Waals surface area contributed by atoms with E-state index in [2.05, 4.69) is 20.6 Å². The lowest BCUT2D eigenvalue weighted by molar-refractivity contribution is -0.134. The number of Topliss-reactive ketones (excluding diaryl/α,β-unsaturated/α-hetero) is 2. The molecule has 4 unspecified atom stereocenters. The Morgan fingerprint density at radius 1 is 1.19 bits per heavy atom. The van der Waals surface area contributed by atoms with Crippen LogP contribution in [0.4, 0.5) is 21.8 Å². The predicted octanol–water partition coefficient (Wildman–Crippen LogP) is 1.62. The number of nitrogens with zero attached hydrogens (tertiary/aromatic N) is 3. The summed E-state index contributed by atoms with van der Waals surface area (Å²) in [5, 5.41) is 6.07. The molecule has 1 aromatic carbocycles. The lowest BCUT2D eigenvalue weighted by Crippen LogP contribution is -2.44. The summed E-state index contributed by atoms with van der Waals surface area (Å²) in [6.45, 7) is 0.377. The Morgan fingerprint density at radius 2 is 1.92 bits per heavy atom. The van der Waals surface area contributed by atoms with Crippen LogP contribution in [0, 0.1) is 23.6 Å². The van der Waals surface area contributed by atoms with Crippen molar-refractivity contribution < 1.29 is 23.5 Å². The summed E-state index contributed by atoms with van der Waals surface area (Å²) >= 11 is 0. The molecule has 2 aromatic rings. The molecule has 11 heteroatoms. The molecule has 1 saturated heterocycles. The summed E-state index contributed by atoms with van der Waals surface area (Å²) < 4.78 is 20.0. The van der Waals surface area contributed by atoms with E-state index in [-0.39, 0.29) is 54.3 Å². The van der Waals surface area contributed by atoms with Gasteiger partial charge < -0.3 is 21.1 Å². The Hall–Kier alpha value is -3.86. The standard InChI is InChI=1S/C25H27FN6O4/c1-32-10-17(33)21(18(34)11-32)15-6-5-14(8-19(15)36-2)29-25-28-9-16(26)24(31-25)30-22-13-4-3-12(7-13)20(22)23(27)35/h3-6,8-9,12-13,20-22H,7,10-11H2,1-2H3,(H2,27,35)(H2,28,29,30,31). The van der Waals surface area contributed by atoms with Crippen molar-refractivity contribution in [1.82, 2.24) is 14.9 Å². The van der Waals surface area contributed by atoms with Crippen molar-refractivity contribution in [3.8, 4) is 5.75 Å². The lowest BCUT2D eigenvalue weighted by Gasteiger charge is -2.28. The quantitative estimate of drug-likeness (QED) is 0.387. The zero-order valence-corrected chi connectivity index (χ0v) is 19.9. The minimum Gasteiger partial charge on any atom is -0.496 e. The molecule has 2 bridgehead atoms. The van der Waals surface area contributed by atoms with Crippen LogP contribution < -0.4 is 21.1 Å². The van der Waals surface area contributed by atoms with Crippen LogP contribution in [0.2, 0.25) is 0 Å². The van der Waals surface area contributed by atoms with Gasteiger partial charge in [-0.25, -0.2) is 9.37 Å². The number of carbonyl (C=O) groups excluding carboxylic acids is 3. The summed E-state index contributed by atoms with van der Waals surface area (Å²) in [7, 11) is 3.19. The second kappa shape index (κ2) is 9.30. The molecule has 188 valence electrons. The largest absolute Gasteiger partial charge is 0.496 e. The van der Waals surface area contributed by atoms with E-state index in [1.54, 1.807) is 30.1 Å². The number of ketones is 2. The summed E-state index contributed by atoms with van der Waals surface area (Å²) in [6.07, 6.45) is 5.85. The molecule has 5 rings (SSSR count). The van der Waals surface area contributed by atoms with E-state index in [4.69, 9.17) is 10.5 Å². The SMILES string of the molecule is COc1cc(Nc2ncc(F)c(NC3C4C=CC(C4)C3C(N)=O)n2)ccc1C1C(=O)CN(C)CC1=O. The van der Waals surface area contributed by atoms with Crippen molar-refractivity contribution >= 4 is 34.9 Å². The minimum atomic E-state index is -0.878. The number of hydrogen-bond acceptors (Lipinski definition) is 9. The fourth-order valence-electron chi connectivity index (χ4n) is 5.55. The van der Waals surface area contributed by atoms with Gasteiger partial charge in [-0.2, -0.15) is 4.98 Å². The summed E-state index contributed by atoms with van der Waals surface area (Å²) in [5.74, 6) is -2.19. The molecule has 2 aliphatic carbocycles. The fourth-order valence-corrected chi connectivity index (χ4v) is 5.55. The van der Waals surface area contributed by atoms with Crippen LogP contribution in [0.3, 0.4) is 0 Å². The second-order valence-corrected chi connectivity index (χ2v) is 9.56. The molecule has 0 radical (unpaired) electrons. The van der Waals surface area contributed by atoms with E-state index in [0.29, 0.717) is 17.0 Å². The number of piperidine rings is 1. The molecule has 36 heavy (non-hydrogen) atoms. The minimum absolute atomic E-state index is 0.0317. The highest BCUT2D eigenvalue weighted by molar-refractivity contribution is 6.11. The highest BCUT2D eigenvalue weighted by atomic mass is 19.1. The molecule has 0 spiro atoms. The third-order valence-electron chi connectivity index (χ3n) is 7.13. The van der Waals surface area contributed by atoms with Crippen molar-refractivity contribution in [1.29, 1.82) is 0 Å². The maximum atomic E-state index is 14.6. The van der Waals surface area contributed by atoms with Gasteiger partial charge in [0.1, 0.15) is 11.7 Å². The van der Waals surface area contributed by atoms with Gasteiger partial charge in [0.25, 0.3) is 0 Å². The molecule has 1 saturated carbocycles. The first-order valence-electron chi connectivity index (χ1n) is 11.7. The normalized spacial score (nSPS) is 25.9. The highest BCUT2D eigenvalue weighted by Gasteiger charge is 2.47. The first-order chi connectivity index (χ1) is 17.2. The Labute approximate surface area is 207 Å². The van der Waals surface area contributed by atoms with Crippen LogP contribution in [0.15, 0.2) is 36.5 Å². The van der Waals surface area contributed by atoms with Gasteiger partial charge in [-0.15, -0.1) is 0 Å². The predicted molar refractivity (Wildman–Crippen MR) is 129 cm³/mol. The Morgan fingerprint density at radius 3 is 2.61 bits per heavy atom. The summed E-state index contributed by atoms with van der Waals surface area (Å²) in [5.41, 5.74) is 6.63. The van der Waals surface area contributed by atoms with Gasteiger partial charge >= 0.3 is 0 Å². The Kier molecular flexibility index (Phi) is 6.17. The molecule has 2 fully saturated rings. The topological polar surface area (TPSA) is 140 Å². The number of rotatable bonds is 7. The van der Waals surface area contributed by atoms with Crippen LogP contribution in [-0.4, -0.2) is 65.6 Å². The first kappa shape index (κ1) is 23.9. The monoisotopic (exact) mass is 494 g/mol. The van der Waals surface area contributed by atoms with Crippen LogP contribution in [0.25, 0.3) is 0 Å². The number of anilines is 3. The molecule has 1 aromatic heterocycles. The summed E-state index contributed by atoms with van der Waals surface area (Å²) in [4.78, 5) is 47.1. The number of likely N-dealkylation sites (N-methyl/N-ethyl adjacent to an activating group) is 1. The number of allylic oxidation sites excluding steroid dienone is 1. The molecule has 4 atom stereocenters. The van der Waals surface area contributed by atoms with Crippen molar-refractivity contribution in [2.24, 2.45) is 23.5 Å². The number of fused-ring (bicyclic) bond motifs is 2. The summed E-state index contributed by atoms with van der Waals surface area (Å²) in [6, 6.07) is 4.63. The van der Waals surface area contributed by atoms with E-state index in [9.17, 15) is 18.8 Å². The number of halogens is 1. The molecule has 3 aliphatic rings. The Bertz CT molecular complexity index is 1250. The maximum Gasteiger partial charge on any atom is 0.229 e. The number of carbonyl (C=O) groups is 3. The number of ether oxygens (including phenoxy) is 1. The highest BCUT2D eigenvalue weighted by Crippen LogP contribution is 2.45. The number of nitrogens with one attached hydrogen (secondary N) is 2. The molecular weight excluding hydrogens is 467 g/mol. The van der Waals surface area contributed by atoms with Crippen LogP contribution in [0.5, 0.6) is 5.75 Å². The van der Waals surface area contributed by atoms with E-state index >= 15 is 0 Å². The number of methoxy groups -OCH3 is 1. The Balaban J connectivity index is 1.36. The van der Waals surface area contributed by atoms with Gasteiger partial charge in [0.15, 0.2) is 23.2 Å². The number of hydrogen-bond donors (Lipinski definition) is 3. The average molecular weight is 495 g/mol. The molecule has 4 N–H and O–H groups in total. The number of amides is 1. The van der Waals surface area contributed by atoms with Gasteiger partial charge in [-0.05, 0) is 31.4 Å². The first-order valence-corrected chi connectivity index (χ1v) is 11.7. The smallest absolute Gasteiger partial charge is 0.229 e. The van der Waals surface area contributed by atoms with Crippen molar-refractivity contribution in [2.45, 2.75) is 18.4 Å². The number of likely N-dealkylation sites (tertiary alicyclic amines) is 1. The van der Waals surface area contributed by atoms with Crippen LogP contribution >= 0.6 is 0 Å². The van der Waals surface area contributed by atoms with Gasteiger partial charge in [0, 0.05) is 23.4 Å². The molecular formula is C25H27FN6O4. The van der Waals surface area contributed by atoms with Crippen molar-refractivity contribution in [3.05, 3.63) is 47.9 Å². The van der Waals surface area contributed by atoms with Crippen LogP contribution in [-0.2, 0) is 14.4 Å². The van der Waals surface area contributed by atoms with E-state index in [1.165, 1.54) is 7.11 Å². The fraction of sp³-hybridized carbons (Fsp3) is 0.400. The van der Waals surface area contributed by atoms with Gasteiger partial charge in [-0.1, -0.05) is 18.2 Å². The molecule has 2 heterocycles. The third kappa shape index (κ3) is 4.30. The zero-order chi connectivity index (χ0) is 25.6. The second-order valence-electron chi connectivity index (χ2n) is 9.56. The van der Waals surface area contributed by atoms with Crippen LogP contribution in [0.1, 0.15) is 17.9 Å². The van der Waals surface area contributed by atoms with Crippen molar-refractivity contribution in [3.63, 3.8) is 0 Å². The van der Waals surface area contributed by atoms with Gasteiger partial charge in [-0.3, -0.25) is 19.3 Å². The molecule has 10 nitrogen and oxygen atoms in total. The number of aromatic nitrogens is 2. The number of nitrogens with two attached hydrogens (primary N) is 1. The zero-order valence-electron chi connectivity index (χ0n) is 19.9. The maximum absolute atomic E-state index is 14.6. The average Bonchev–Trinajstić information content (AvgIpc) is 3.43. The molecule has 1 amide bonds. The van der Waals surface area contributed by atoms with Crippen molar-refractivity contribution in [2.75, 3.05) is 37.9 Å². The van der Waals surface area contributed by atoms with E-state index in [1.807, 2.05) is 12.2 Å². The molecule has 1 aliphatic heterocycles. The third-order valence-corrected chi connectivity index (χ3v) is 7.13. The van der Waals surface area contributed by atoms with E-state index in [0.717, 1.165) is 12.6 Å². The number of benzene rings is 1. The number of primary amides is 1. The van der Waals surface area contributed by atoms with Gasteiger partial charge in [0.2, 0.25) is 11.9 Å². The lowest BCUT2D eigenvalue weighted by atomic mass is 9.86.